The molecule has 2 spiro atoms. The van der Waals surface area contributed by atoms with Crippen LogP contribution >= 0.6 is 0 Å². The van der Waals surface area contributed by atoms with Crippen LogP contribution < -0.4 is 0 Å². The second-order valence-corrected chi connectivity index (χ2v) is 16.6. The summed E-state index contributed by atoms with van der Waals surface area (Å²) in [6, 6.07) is 0. The van der Waals surface area contributed by atoms with E-state index in [1.54, 1.807) is 13.8 Å². The van der Waals surface area contributed by atoms with Crippen molar-refractivity contribution in [1.82, 2.24) is 0 Å². The van der Waals surface area contributed by atoms with Gasteiger partial charge in [-0.3, -0.25) is 0 Å². The molecule has 0 amide bonds. The maximum atomic E-state index is 15.2. The van der Waals surface area contributed by atoms with Crippen molar-refractivity contribution < 1.29 is 74.3 Å². The minimum absolute atomic E-state index is 0.0547. The summed E-state index contributed by atoms with van der Waals surface area (Å²) in [5, 5.41) is 0. The molecule has 10 aliphatic rings. The van der Waals surface area contributed by atoms with E-state index in [-0.39, 0.29) is 42.3 Å². The number of allylic oxidation sites excluding steroid dienone is 1. The number of ether oxygens (including phenoxy) is 6. The average molecular weight is 743 g/mol. The molecule has 4 bridgehead atoms. The third kappa shape index (κ3) is 5.38. The molecule has 8 heterocycles. The smallest absolute Gasteiger partial charge is 0.449 e. The highest BCUT2D eigenvalue weighted by atomic mass is 19.4. The van der Waals surface area contributed by atoms with Gasteiger partial charge in [-0.2, -0.15) is 26.3 Å². The molecular weight excluding hydrogens is 694 g/mol. The molecule has 0 radical (unpaired) electrons. The number of fused-ring (bicyclic) bond motifs is 4. The van der Waals surface area contributed by atoms with Gasteiger partial charge >= 0.3 is 12.4 Å². The maximum Gasteiger partial charge on any atom is 0.449 e. The first-order valence-electron chi connectivity index (χ1n) is 18.4. The number of hydrogen-bond acceptors (Lipinski definition) is 10. The van der Waals surface area contributed by atoms with E-state index in [4.69, 9.17) is 48.0 Å². The molecule has 8 aliphatic heterocycles. The number of rotatable bonds is 7. The lowest BCUT2D eigenvalue weighted by Gasteiger charge is -2.62. The molecule has 2 aliphatic carbocycles. The summed E-state index contributed by atoms with van der Waals surface area (Å²) in [6.07, 6.45) is -8.23. The Balaban J connectivity index is 0.982. The molecule has 10 nitrogen and oxygen atoms in total. The Labute approximate surface area is 292 Å². The van der Waals surface area contributed by atoms with Gasteiger partial charge in [-0.25, -0.2) is 19.6 Å². The minimum Gasteiger partial charge on any atom is -0.456 e. The molecule has 9 fully saturated rings. The summed E-state index contributed by atoms with van der Waals surface area (Å²) in [6.45, 7) is 7.73. The second kappa shape index (κ2) is 12.1. The highest BCUT2D eigenvalue weighted by molar-refractivity contribution is 5.28. The van der Waals surface area contributed by atoms with Gasteiger partial charge in [-0.1, -0.05) is 20.8 Å². The van der Waals surface area contributed by atoms with Crippen LogP contribution in [0.15, 0.2) is 11.3 Å². The second-order valence-electron chi connectivity index (χ2n) is 16.6. The van der Waals surface area contributed by atoms with E-state index in [2.05, 4.69) is 6.92 Å². The largest absolute Gasteiger partial charge is 0.456 e. The van der Waals surface area contributed by atoms with E-state index >= 15 is 13.2 Å². The first-order valence-corrected chi connectivity index (χ1v) is 18.4. The van der Waals surface area contributed by atoms with Gasteiger partial charge in [0.15, 0.2) is 17.5 Å². The normalized spacial score (nSPS) is 50.6. The summed E-state index contributed by atoms with van der Waals surface area (Å²) in [7, 11) is 0. The zero-order chi connectivity index (χ0) is 36.4. The molecule has 16 heteroatoms. The fourth-order valence-corrected chi connectivity index (χ4v) is 11.0. The third-order valence-electron chi connectivity index (χ3n) is 13.6. The fourth-order valence-electron chi connectivity index (χ4n) is 11.0. The summed E-state index contributed by atoms with van der Waals surface area (Å²) in [5.74, 6) is -9.35. The third-order valence-corrected chi connectivity index (χ3v) is 13.6. The van der Waals surface area contributed by atoms with E-state index in [0.717, 1.165) is 0 Å². The molecule has 0 aromatic rings. The zero-order valence-corrected chi connectivity index (χ0v) is 29.5. The first kappa shape index (κ1) is 36.7. The summed E-state index contributed by atoms with van der Waals surface area (Å²) >= 11 is 0. The summed E-state index contributed by atoms with van der Waals surface area (Å²) in [4.78, 5) is 23.4. The molecule has 7 saturated heterocycles. The molecule has 4 unspecified atom stereocenters. The van der Waals surface area contributed by atoms with Crippen molar-refractivity contribution in [3.05, 3.63) is 11.3 Å². The standard InChI is InChI=1S/C35H48F6O10/c1-18-7-9-24-20(3)33(35(39,40)41,47-28-31(24)22(18)11-14-30(5,46-28)49-50-31)43-16-6-15-42-17-21-25-10-8-19(2)23-12-13-29(4)45-27(32(23,25)51-48-29)44-26(21)34(36,37)38/h18-20,22-25,27-28H,6-17H2,1-5H3/t18-,19-,20-,22?,23?,24+,25+,27-,28+,29?,30-,31?,32-,33-/m1/s1. The van der Waals surface area contributed by atoms with Gasteiger partial charge < -0.3 is 28.4 Å². The highest BCUT2D eigenvalue weighted by Crippen LogP contribution is 2.65. The van der Waals surface area contributed by atoms with Crippen molar-refractivity contribution in [2.75, 3.05) is 19.8 Å². The molecule has 51 heavy (non-hydrogen) atoms. The average Bonchev–Trinajstić information content (AvgIpc) is 3.42. The van der Waals surface area contributed by atoms with E-state index in [9.17, 15) is 13.2 Å². The molecule has 290 valence electrons. The van der Waals surface area contributed by atoms with Crippen LogP contribution in [0.2, 0.25) is 0 Å². The van der Waals surface area contributed by atoms with Gasteiger partial charge in [0.05, 0.1) is 13.2 Å². The van der Waals surface area contributed by atoms with E-state index < -0.39 is 90.2 Å². The van der Waals surface area contributed by atoms with Crippen LogP contribution in [0.1, 0.15) is 92.4 Å². The topological polar surface area (TPSA) is 92.3 Å². The van der Waals surface area contributed by atoms with Crippen molar-refractivity contribution in [3.8, 4) is 0 Å². The van der Waals surface area contributed by atoms with E-state index in [1.807, 2.05) is 6.92 Å². The molecule has 10 rings (SSSR count). The lowest BCUT2D eigenvalue weighted by molar-refractivity contribution is -0.598. The lowest BCUT2D eigenvalue weighted by atomic mass is 9.57. The van der Waals surface area contributed by atoms with Crippen LogP contribution in [0.25, 0.3) is 0 Å². The quantitative estimate of drug-likeness (QED) is 0.148. The van der Waals surface area contributed by atoms with Crippen LogP contribution in [0.4, 0.5) is 26.3 Å². The first-order chi connectivity index (χ1) is 23.9. The van der Waals surface area contributed by atoms with Crippen molar-refractivity contribution in [2.24, 2.45) is 41.4 Å². The van der Waals surface area contributed by atoms with Crippen molar-refractivity contribution in [1.29, 1.82) is 0 Å². The van der Waals surface area contributed by atoms with Crippen molar-refractivity contribution >= 4 is 0 Å². The lowest BCUT2D eigenvalue weighted by Crippen LogP contribution is -2.76. The van der Waals surface area contributed by atoms with Crippen LogP contribution in [0.5, 0.6) is 0 Å². The summed E-state index contributed by atoms with van der Waals surface area (Å²) < 4.78 is 124. The van der Waals surface area contributed by atoms with E-state index in [1.165, 1.54) is 6.92 Å². The fraction of sp³-hybridized carbons (Fsp3) is 0.943. The molecule has 0 aromatic carbocycles. The zero-order valence-electron chi connectivity index (χ0n) is 29.5. The Bertz CT molecular complexity index is 1400. The molecule has 0 aromatic heterocycles. The Kier molecular flexibility index (Phi) is 8.73. The monoisotopic (exact) mass is 742 g/mol. The van der Waals surface area contributed by atoms with Gasteiger partial charge in [0.2, 0.25) is 23.6 Å². The maximum absolute atomic E-state index is 15.2. The van der Waals surface area contributed by atoms with Gasteiger partial charge in [0.1, 0.15) is 0 Å². The van der Waals surface area contributed by atoms with Gasteiger partial charge in [0, 0.05) is 48.7 Å². The Morgan fingerprint density at radius 1 is 0.686 bits per heavy atom. The predicted molar refractivity (Wildman–Crippen MR) is 160 cm³/mol. The SMILES string of the molecule is C[C@@H]1CC[C@H]2[C@@H](C)[C@](OCCCOCC3=C(C(F)(F)F)O[C@@H]4OC5(C)CCC6[C@H](C)CC[C@@H]3[C@]64OO5)(C(F)(F)F)O[C@@H]3O[C@@]4(C)CCC1C32OO4. The molecular formula is C35H48F6O10. The van der Waals surface area contributed by atoms with Crippen LogP contribution in [-0.2, 0) is 48.0 Å². The van der Waals surface area contributed by atoms with Gasteiger partial charge in [-0.15, -0.1) is 0 Å². The Morgan fingerprint density at radius 2 is 1.29 bits per heavy atom. The highest BCUT2D eigenvalue weighted by Gasteiger charge is 2.77. The molecule has 0 N–H and O–H groups in total. The van der Waals surface area contributed by atoms with Crippen molar-refractivity contribution in [3.63, 3.8) is 0 Å². The van der Waals surface area contributed by atoms with Crippen LogP contribution in [-0.4, -0.2) is 73.3 Å². The number of hydrogen-bond donors (Lipinski definition) is 0. The van der Waals surface area contributed by atoms with Crippen LogP contribution in [0.3, 0.4) is 0 Å². The summed E-state index contributed by atoms with van der Waals surface area (Å²) in [5.41, 5.74) is -2.63. The number of alkyl halides is 6. The Hall–Kier alpha value is -1.24. The minimum atomic E-state index is -4.95. The van der Waals surface area contributed by atoms with Gasteiger partial charge in [0.25, 0.3) is 5.79 Å². The van der Waals surface area contributed by atoms with Gasteiger partial charge in [-0.05, 0) is 76.5 Å². The van der Waals surface area contributed by atoms with Crippen molar-refractivity contribution in [2.45, 2.75) is 146 Å². The van der Waals surface area contributed by atoms with Crippen LogP contribution in [0, 0.1) is 41.4 Å². The van der Waals surface area contributed by atoms with E-state index in [0.29, 0.717) is 51.4 Å². The predicted octanol–water partition coefficient (Wildman–Crippen LogP) is 7.61. The molecule has 2 saturated carbocycles. The molecule has 14 atom stereocenters. The Morgan fingerprint density at radius 3 is 1.94 bits per heavy atom. The number of halogens is 6.